The summed E-state index contributed by atoms with van der Waals surface area (Å²) in [6.45, 7) is 0.911. The van der Waals surface area contributed by atoms with Gasteiger partial charge in [0, 0.05) is 6.08 Å². The zero-order valence-electron chi connectivity index (χ0n) is 9.25. The normalized spacial score (nSPS) is 16.2. The van der Waals surface area contributed by atoms with E-state index in [2.05, 4.69) is 0 Å². The second kappa shape index (κ2) is 5.78. The highest BCUT2D eigenvalue weighted by atomic mass is 32.2. The number of allylic oxidation sites excluding steroid dienone is 5. The molecular weight excluding hydrogens is 302 g/mol. The summed E-state index contributed by atoms with van der Waals surface area (Å²) in [5.41, 5.74) is -1.51. The molecule has 0 aromatic heterocycles. The van der Waals surface area contributed by atoms with Crippen molar-refractivity contribution in [2.24, 2.45) is 0 Å². The van der Waals surface area contributed by atoms with Crippen LogP contribution in [0.15, 0.2) is 34.8 Å². The lowest BCUT2D eigenvalue weighted by Crippen LogP contribution is -2.12. The lowest BCUT2D eigenvalue weighted by molar-refractivity contribution is -0.0883. The molecule has 0 heterocycles. The number of rotatable bonds is 3. The van der Waals surface area contributed by atoms with Gasteiger partial charge in [-0.05, 0) is 19.1 Å². The van der Waals surface area contributed by atoms with Gasteiger partial charge in [0.25, 0.3) is 10.1 Å². The molecule has 0 atom stereocenters. The Morgan fingerprint density at radius 2 is 1.58 bits per heavy atom. The van der Waals surface area contributed by atoms with Crippen LogP contribution in [0.3, 0.4) is 0 Å². The van der Waals surface area contributed by atoms with E-state index in [9.17, 15) is 34.8 Å². The first-order valence-corrected chi connectivity index (χ1v) is 5.90. The number of hydrogen-bond acceptors (Lipinski definition) is 2. The maximum Gasteiger partial charge on any atom is 0.416 e. The van der Waals surface area contributed by atoms with Crippen molar-refractivity contribution in [3.63, 3.8) is 0 Å². The largest absolute Gasteiger partial charge is 0.416 e. The van der Waals surface area contributed by atoms with Crippen LogP contribution in [0.2, 0.25) is 0 Å². The Balaban J connectivity index is 5.73. The van der Waals surface area contributed by atoms with Crippen LogP contribution in [0.4, 0.5) is 26.3 Å². The first kappa shape index (κ1) is 17.7. The van der Waals surface area contributed by atoms with Crippen molar-refractivity contribution in [1.29, 1.82) is 0 Å². The van der Waals surface area contributed by atoms with E-state index in [1.165, 1.54) is 0 Å². The predicted molar refractivity (Wildman–Crippen MR) is 54.6 cm³/mol. The van der Waals surface area contributed by atoms with Crippen molar-refractivity contribution in [3.8, 4) is 0 Å². The zero-order valence-corrected chi connectivity index (χ0v) is 10.1. The first-order chi connectivity index (χ1) is 8.27. The van der Waals surface area contributed by atoms with E-state index >= 15 is 0 Å². The molecule has 0 aromatic carbocycles. The summed E-state index contributed by atoms with van der Waals surface area (Å²) in [4.78, 5) is -1.52. The van der Waals surface area contributed by atoms with Crippen LogP contribution in [0.1, 0.15) is 6.92 Å². The Hall–Kier alpha value is -1.29. The molecule has 0 aliphatic rings. The van der Waals surface area contributed by atoms with E-state index < -0.39 is 39.0 Å². The zero-order chi connectivity index (χ0) is 15.5. The minimum absolute atomic E-state index is 0.0996. The fraction of sp³-hybridized carbons (Fsp3) is 0.333. The second-order valence-corrected chi connectivity index (χ2v) is 4.56. The Morgan fingerprint density at radius 3 is 1.84 bits per heavy atom. The molecule has 10 heteroatoms. The van der Waals surface area contributed by atoms with Crippen LogP contribution in [-0.4, -0.2) is 25.3 Å². The standard InChI is InChI=1S/C9H8F6O3S/c1-2-6(9(13,14)15)5-7(19(16,17)18)3-4-8(10,11)12/h2-5H,1H3,(H,16,17,18). The summed E-state index contributed by atoms with van der Waals surface area (Å²) in [5, 5.41) is 0. The van der Waals surface area contributed by atoms with Crippen LogP contribution in [-0.2, 0) is 10.1 Å². The molecule has 0 radical (unpaired) electrons. The lowest BCUT2D eigenvalue weighted by Gasteiger charge is -2.08. The van der Waals surface area contributed by atoms with Gasteiger partial charge in [0.15, 0.2) is 0 Å². The van der Waals surface area contributed by atoms with Gasteiger partial charge in [0.05, 0.1) is 10.5 Å². The van der Waals surface area contributed by atoms with E-state index in [-0.39, 0.29) is 12.2 Å². The molecule has 0 saturated carbocycles. The number of alkyl halides is 6. The van der Waals surface area contributed by atoms with Crippen LogP contribution in [0.25, 0.3) is 0 Å². The minimum atomic E-state index is -5.22. The summed E-state index contributed by atoms with van der Waals surface area (Å²) >= 11 is 0. The molecular formula is C9H8F6O3S. The van der Waals surface area contributed by atoms with Gasteiger partial charge in [0.1, 0.15) is 0 Å². The lowest BCUT2D eigenvalue weighted by atomic mass is 10.2. The average Bonchev–Trinajstić information content (AvgIpc) is 2.11. The van der Waals surface area contributed by atoms with Crippen LogP contribution in [0.5, 0.6) is 0 Å². The van der Waals surface area contributed by atoms with E-state index in [0.717, 1.165) is 6.92 Å². The summed E-state index contributed by atoms with van der Waals surface area (Å²) in [6, 6.07) is 0. The third kappa shape index (κ3) is 7.01. The van der Waals surface area contributed by atoms with Crippen LogP contribution >= 0.6 is 0 Å². The highest BCUT2D eigenvalue weighted by Crippen LogP contribution is 2.28. The molecule has 0 amide bonds. The molecule has 1 N–H and O–H groups in total. The molecule has 0 rings (SSSR count). The van der Waals surface area contributed by atoms with E-state index in [4.69, 9.17) is 4.55 Å². The quantitative estimate of drug-likeness (QED) is 0.494. The van der Waals surface area contributed by atoms with Gasteiger partial charge in [-0.15, -0.1) is 0 Å². The van der Waals surface area contributed by atoms with Gasteiger partial charge >= 0.3 is 12.4 Å². The maximum atomic E-state index is 12.3. The topological polar surface area (TPSA) is 54.4 Å². The molecule has 3 nitrogen and oxygen atoms in total. The van der Waals surface area contributed by atoms with Crippen molar-refractivity contribution in [2.75, 3.05) is 0 Å². The SMILES string of the molecule is CC=C(C=C(C=CC(F)(F)F)S(=O)(=O)O)C(F)(F)F. The third-order valence-electron chi connectivity index (χ3n) is 1.67. The minimum Gasteiger partial charge on any atom is -0.282 e. The van der Waals surface area contributed by atoms with E-state index in [1.807, 2.05) is 0 Å². The van der Waals surface area contributed by atoms with Gasteiger partial charge in [0.2, 0.25) is 0 Å². The number of hydrogen-bond donors (Lipinski definition) is 1. The Morgan fingerprint density at radius 1 is 1.11 bits per heavy atom. The van der Waals surface area contributed by atoms with Crippen molar-refractivity contribution >= 4 is 10.1 Å². The highest BCUT2D eigenvalue weighted by molar-refractivity contribution is 7.90. The van der Waals surface area contributed by atoms with Crippen molar-refractivity contribution in [1.82, 2.24) is 0 Å². The monoisotopic (exact) mass is 310 g/mol. The molecule has 0 saturated heterocycles. The summed E-state index contributed by atoms with van der Waals surface area (Å²) in [6.07, 6.45) is -10.3. The molecule has 0 aromatic rings. The van der Waals surface area contributed by atoms with Crippen LogP contribution in [0, 0.1) is 0 Å². The molecule has 19 heavy (non-hydrogen) atoms. The van der Waals surface area contributed by atoms with Gasteiger partial charge in [-0.2, -0.15) is 34.8 Å². The average molecular weight is 310 g/mol. The Kier molecular flexibility index (Phi) is 5.39. The Bertz CT molecular complexity index is 507. The number of halogens is 6. The van der Waals surface area contributed by atoms with Gasteiger partial charge in [-0.3, -0.25) is 4.55 Å². The third-order valence-corrected chi connectivity index (χ3v) is 2.52. The molecule has 0 aliphatic carbocycles. The van der Waals surface area contributed by atoms with Gasteiger partial charge in [-0.1, -0.05) is 6.08 Å². The smallest absolute Gasteiger partial charge is 0.282 e. The molecule has 0 fully saturated rings. The van der Waals surface area contributed by atoms with Crippen molar-refractivity contribution in [3.05, 3.63) is 34.8 Å². The predicted octanol–water partition coefficient (Wildman–Crippen LogP) is 3.39. The molecule has 0 aliphatic heterocycles. The summed E-state index contributed by atoms with van der Waals surface area (Å²) < 4.78 is 102. The molecule has 0 unspecified atom stereocenters. The molecule has 0 spiro atoms. The van der Waals surface area contributed by atoms with E-state index in [1.54, 1.807) is 0 Å². The van der Waals surface area contributed by atoms with E-state index in [0.29, 0.717) is 6.08 Å². The molecule has 0 bridgehead atoms. The van der Waals surface area contributed by atoms with Gasteiger partial charge in [-0.25, -0.2) is 0 Å². The fourth-order valence-corrected chi connectivity index (χ4v) is 1.38. The first-order valence-electron chi connectivity index (χ1n) is 4.46. The maximum absolute atomic E-state index is 12.3. The molecule has 110 valence electrons. The summed E-state index contributed by atoms with van der Waals surface area (Å²) in [5.74, 6) is 0. The van der Waals surface area contributed by atoms with Crippen molar-refractivity contribution in [2.45, 2.75) is 19.3 Å². The highest BCUT2D eigenvalue weighted by Gasteiger charge is 2.33. The van der Waals surface area contributed by atoms with Gasteiger partial charge < -0.3 is 0 Å². The fourth-order valence-electron chi connectivity index (χ4n) is 0.867. The second-order valence-electron chi connectivity index (χ2n) is 3.14. The van der Waals surface area contributed by atoms with Crippen molar-refractivity contribution < 1.29 is 39.3 Å². The van der Waals surface area contributed by atoms with Crippen LogP contribution < -0.4 is 0 Å². The summed E-state index contributed by atoms with van der Waals surface area (Å²) in [7, 11) is -5.22. The Labute approximate surface area is 104 Å².